The Kier molecular flexibility index (Phi) is 4.32. The van der Waals surface area contributed by atoms with Gasteiger partial charge in [-0.3, -0.25) is 4.79 Å². The Morgan fingerprint density at radius 3 is 2.44 bits per heavy atom. The zero-order chi connectivity index (χ0) is 13.9. The molecule has 0 radical (unpaired) electrons. The van der Waals surface area contributed by atoms with Crippen LogP contribution in [-0.4, -0.2) is 11.1 Å². The van der Waals surface area contributed by atoms with Gasteiger partial charge in [0.25, 0.3) is 5.92 Å². The van der Waals surface area contributed by atoms with Crippen molar-refractivity contribution in [3.05, 3.63) is 35.4 Å². The van der Waals surface area contributed by atoms with Crippen LogP contribution in [0.25, 0.3) is 0 Å². The Hall–Kier alpha value is -1.59. The summed E-state index contributed by atoms with van der Waals surface area (Å²) >= 11 is 0. The van der Waals surface area contributed by atoms with Crippen LogP contribution < -0.4 is 0 Å². The van der Waals surface area contributed by atoms with E-state index in [9.17, 15) is 22.4 Å². The summed E-state index contributed by atoms with van der Waals surface area (Å²) in [5.74, 6) is -7.89. The van der Waals surface area contributed by atoms with Gasteiger partial charge in [0.2, 0.25) is 0 Å². The van der Waals surface area contributed by atoms with Crippen LogP contribution in [0.5, 0.6) is 0 Å². The van der Waals surface area contributed by atoms with Gasteiger partial charge in [0.15, 0.2) is 11.6 Å². The molecule has 100 valence electrons. The molecule has 1 N–H and O–H groups in total. The summed E-state index contributed by atoms with van der Waals surface area (Å²) < 4.78 is 52.9. The molecule has 1 atom stereocenters. The van der Waals surface area contributed by atoms with E-state index in [0.29, 0.717) is 12.1 Å². The Morgan fingerprint density at radius 2 is 1.94 bits per heavy atom. The molecular formula is C12H12F4O2. The van der Waals surface area contributed by atoms with Gasteiger partial charge in [-0.2, -0.15) is 0 Å². The summed E-state index contributed by atoms with van der Waals surface area (Å²) in [6.07, 6.45) is -1.14. The van der Waals surface area contributed by atoms with Gasteiger partial charge in [-0.25, -0.2) is 17.6 Å². The molecule has 0 aliphatic heterocycles. The van der Waals surface area contributed by atoms with Crippen LogP contribution in [0.15, 0.2) is 18.2 Å². The maximum atomic E-state index is 13.7. The second kappa shape index (κ2) is 5.37. The fraction of sp³-hybridized carbons (Fsp3) is 0.417. The summed E-state index contributed by atoms with van der Waals surface area (Å²) in [5, 5.41) is 8.48. The van der Waals surface area contributed by atoms with E-state index in [-0.39, 0.29) is 0 Å². The highest BCUT2D eigenvalue weighted by Crippen LogP contribution is 2.36. The number of hydrogen-bond donors (Lipinski definition) is 1. The van der Waals surface area contributed by atoms with Crippen LogP contribution in [0.3, 0.4) is 0 Å². The van der Waals surface area contributed by atoms with Crippen LogP contribution in [0.4, 0.5) is 17.6 Å². The van der Waals surface area contributed by atoms with Crippen molar-refractivity contribution in [2.24, 2.45) is 5.92 Å². The van der Waals surface area contributed by atoms with Crippen LogP contribution in [0, 0.1) is 17.6 Å². The molecule has 0 heterocycles. The van der Waals surface area contributed by atoms with E-state index >= 15 is 0 Å². The average Bonchev–Trinajstić information content (AvgIpc) is 2.19. The van der Waals surface area contributed by atoms with Gasteiger partial charge < -0.3 is 5.11 Å². The first-order valence-electron chi connectivity index (χ1n) is 5.27. The van der Waals surface area contributed by atoms with Crippen molar-refractivity contribution >= 4 is 5.97 Å². The van der Waals surface area contributed by atoms with Crippen molar-refractivity contribution in [3.8, 4) is 0 Å². The van der Waals surface area contributed by atoms with Gasteiger partial charge in [-0.15, -0.1) is 0 Å². The molecule has 1 unspecified atom stereocenters. The predicted molar refractivity (Wildman–Crippen MR) is 56.3 cm³/mol. The molecule has 0 aliphatic rings. The van der Waals surface area contributed by atoms with E-state index < -0.39 is 47.8 Å². The summed E-state index contributed by atoms with van der Waals surface area (Å²) in [5.41, 5.74) is -0.654. The average molecular weight is 264 g/mol. The third-order valence-electron chi connectivity index (χ3n) is 2.47. The molecule has 0 amide bonds. The smallest absolute Gasteiger partial charge is 0.303 e. The lowest BCUT2D eigenvalue weighted by molar-refractivity contribution is -0.138. The normalized spacial score (nSPS) is 13.4. The number of carboxylic acids is 1. The lowest BCUT2D eigenvalue weighted by Gasteiger charge is -2.20. The third-order valence-corrected chi connectivity index (χ3v) is 2.47. The van der Waals surface area contributed by atoms with Gasteiger partial charge >= 0.3 is 5.97 Å². The van der Waals surface area contributed by atoms with Gasteiger partial charge in [0.1, 0.15) is 0 Å². The number of carboxylic acid groups (broad SMARTS) is 1. The number of benzene rings is 1. The Labute approximate surface area is 101 Å². The van der Waals surface area contributed by atoms with Gasteiger partial charge in [0.05, 0.1) is 0 Å². The lowest BCUT2D eigenvalue weighted by atomic mass is 9.95. The third kappa shape index (κ3) is 3.72. The number of hydrogen-bond acceptors (Lipinski definition) is 1. The van der Waals surface area contributed by atoms with Crippen LogP contribution in [0.2, 0.25) is 0 Å². The van der Waals surface area contributed by atoms with Crippen molar-refractivity contribution in [2.75, 3.05) is 0 Å². The molecule has 0 spiro atoms. The maximum Gasteiger partial charge on any atom is 0.303 e. The summed E-state index contributed by atoms with van der Waals surface area (Å²) in [6, 6.07) is 1.86. The first-order chi connectivity index (χ1) is 8.22. The molecule has 1 aromatic carbocycles. The summed E-state index contributed by atoms with van der Waals surface area (Å²) in [6.45, 7) is 1.36. The molecular weight excluding hydrogens is 252 g/mol. The number of rotatable bonds is 5. The van der Waals surface area contributed by atoms with Crippen molar-refractivity contribution < 1.29 is 27.5 Å². The van der Waals surface area contributed by atoms with Crippen LogP contribution in [-0.2, 0) is 10.7 Å². The van der Waals surface area contributed by atoms with E-state index in [1.165, 1.54) is 6.92 Å². The van der Waals surface area contributed by atoms with Crippen molar-refractivity contribution in [1.82, 2.24) is 0 Å². The maximum absolute atomic E-state index is 13.7. The first kappa shape index (κ1) is 14.5. The quantitative estimate of drug-likeness (QED) is 0.826. The van der Waals surface area contributed by atoms with Gasteiger partial charge in [-0.05, 0) is 24.1 Å². The lowest BCUT2D eigenvalue weighted by Crippen LogP contribution is -2.19. The van der Waals surface area contributed by atoms with E-state index in [1.54, 1.807) is 0 Å². The van der Waals surface area contributed by atoms with Crippen molar-refractivity contribution in [1.29, 1.82) is 0 Å². The highest BCUT2D eigenvalue weighted by atomic mass is 19.3. The molecule has 18 heavy (non-hydrogen) atoms. The van der Waals surface area contributed by atoms with Crippen LogP contribution in [0.1, 0.15) is 25.3 Å². The van der Waals surface area contributed by atoms with E-state index in [1.807, 2.05) is 0 Å². The van der Waals surface area contributed by atoms with Crippen LogP contribution >= 0.6 is 0 Å². The fourth-order valence-corrected chi connectivity index (χ4v) is 1.65. The SMILES string of the molecule is CC(CC(=O)O)CC(F)(F)c1ccc(F)c(F)c1. The van der Waals surface area contributed by atoms with Gasteiger partial charge in [0, 0.05) is 18.4 Å². The topological polar surface area (TPSA) is 37.3 Å². The number of halogens is 4. The zero-order valence-electron chi connectivity index (χ0n) is 9.59. The minimum Gasteiger partial charge on any atom is -0.481 e. The molecule has 0 aliphatic carbocycles. The standard InChI is InChI=1S/C12H12F4O2/c1-7(4-11(17)18)6-12(15,16)8-2-3-9(13)10(14)5-8/h2-3,5,7H,4,6H2,1H3,(H,17,18). The Balaban J connectivity index is 2.84. The van der Waals surface area contributed by atoms with E-state index in [0.717, 1.165) is 6.07 Å². The molecule has 1 aromatic rings. The molecule has 0 fully saturated rings. The van der Waals surface area contributed by atoms with E-state index in [2.05, 4.69) is 0 Å². The number of carbonyl (C=O) groups is 1. The monoisotopic (exact) mass is 264 g/mol. The van der Waals surface area contributed by atoms with Crippen molar-refractivity contribution in [3.63, 3.8) is 0 Å². The molecule has 2 nitrogen and oxygen atoms in total. The predicted octanol–water partition coefficient (Wildman–Crippen LogP) is 3.56. The van der Waals surface area contributed by atoms with Gasteiger partial charge in [-0.1, -0.05) is 6.92 Å². The van der Waals surface area contributed by atoms with E-state index in [4.69, 9.17) is 5.11 Å². The number of alkyl halides is 2. The number of aliphatic carboxylic acids is 1. The molecule has 6 heteroatoms. The summed E-state index contributed by atoms with van der Waals surface area (Å²) in [4.78, 5) is 10.4. The molecule has 0 saturated carbocycles. The summed E-state index contributed by atoms with van der Waals surface area (Å²) in [7, 11) is 0. The zero-order valence-corrected chi connectivity index (χ0v) is 9.59. The largest absolute Gasteiger partial charge is 0.481 e. The van der Waals surface area contributed by atoms with Crippen molar-refractivity contribution in [2.45, 2.75) is 25.7 Å². The first-order valence-corrected chi connectivity index (χ1v) is 5.27. The highest BCUT2D eigenvalue weighted by molar-refractivity contribution is 5.66. The fourth-order valence-electron chi connectivity index (χ4n) is 1.65. The second-order valence-electron chi connectivity index (χ2n) is 4.24. The minimum atomic E-state index is -3.39. The molecule has 0 bridgehead atoms. The Bertz CT molecular complexity index is 446. The molecule has 0 aromatic heterocycles. The Morgan fingerprint density at radius 1 is 1.33 bits per heavy atom. The molecule has 0 saturated heterocycles. The minimum absolute atomic E-state index is 0.404. The second-order valence-corrected chi connectivity index (χ2v) is 4.24. The molecule has 1 rings (SSSR count). The highest BCUT2D eigenvalue weighted by Gasteiger charge is 2.34.